The third-order valence-corrected chi connectivity index (χ3v) is 4.78. The van der Waals surface area contributed by atoms with Gasteiger partial charge in [-0.1, -0.05) is 24.3 Å². The van der Waals surface area contributed by atoms with E-state index >= 15 is 0 Å². The third kappa shape index (κ3) is 3.59. The zero-order chi connectivity index (χ0) is 18.2. The molecular formula is C17H14F3NO3S. The number of aromatic nitrogens is 1. The number of allylic oxidation sites excluding steroid dienone is 1. The number of hydrogen-bond acceptors (Lipinski definition) is 3. The van der Waals surface area contributed by atoms with Gasteiger partial charge in [-0.05, 0) is 29.7 Å². The van der Waals surface area contributed by atoms with Crippen LogP contribution in [0.1, 0.15) is 16.8 Å². The lowest BCUT2D eigenvalue weighted by molar-refractivity contribution is -0.693. The monoisotopic (exact) mass is 369 g/mol. The lowest BCUT2D eigenvalue weighted by Gasteiger charge is -2.16. The van der Waals surface area contributed by atoms with E-state index in [2.05, 4.69) is 59.3 Å². The molecule has 25 heavy (non-hydrogen) atoms. The fourth-order valence-corrected chi connectivity index (χ4v) is 3.10. The van der Waals surface area contributed by atoms with E-state index in [9.17, 15) is 13.2 Å². The molecule has 1 aliphatic carbocycles. The highest BCUT2D eigenvalue weighted by atomic mass is 32.2. The van der Waals surface area contributed by atoms with Gasteiger partial charge in [0.1, 0.15) is 0 Å². The fraction of sp³-hybridized carbons (Fsp3) is 0.235. The quantitative estimate of drug-likeness (QED) is 0.408. The first-order valence-electron chi connectivity index (χ1n) is 7.47. The van der Waals surface area contributed by atoms with Gasteiger partial charge in [-0.25, -0.2) is 8.42 Å². The average molecular weight is 369 g/mol. The molecular weight excluding hydrogens is 355 g/mol. The van der Waals surface area contributed by atoms with Crippen molar-refractivity contribution in [3.63, 3.8) is 0 Å². The summed E-state index contributed by atoms with van der Waals surface area (Å²) in [4.78, 5) is 0. The van der Waals surface area contributed by atoms with E-state index < -0.39 is 15.6 Å². The first kappa shape index (κ1) is 17.6. The molecule has 1 atom stereocenters. The van der Waals surface area contributed by atoms with E-state index in [0.717, 1.165) is 6.54 Å². The maximum absolute atomic E-state index is 10.7. The first-order chi connectivity index (χ1) is 11.7. The number of pyridine rings is 1. The van der Waals surface area contributed by atoms with Gasteiger partial charge in [0.05, 0.1) is 5.92 Å². The Morgan fingerprint density at radius 2 is 1.72 bits per heavy atom. The zero-order valence-electron chi connectivity index (χ0n) is 12.9. The minimum atomic E-state index is -6.09. The Balaban J connectivity index is 0.000000197. The number of nitrogens with zero attached hydrogens (tertiary/aromatic N) is 1. The van der Waals surface area contributed by atoms with E-state index in [0.29, 0.717) is 5.92 Å². The molecule has 1 unspecified atom stereocenters. The molecule has 2 aliphatic rings. The molecule has 0 N–H and O–H groups in total. The van der Waals surface area contributed by atoms with Gasteiger partial charge in [-0.15, -0.1) is 0 Å². The van der Waals surface area contributed by atoms with Crippen LogP contribution >= 0.6 is 0 Å². The van der Waals surface area contributed by atoms with Crippen LogP contribution in [0.15, 0.2) is 48.7 Å². The normalized spacial score (nSPS) is 18.2. The molecule has 0 spiro atoms. The van der Waals surface area contributed by atoms with Crippen molar-refractivity contribution in [1.29, 1.82) is 0 Å². The molecule has 0 radical (unpaired) electrons. The number of hydrogen-bond donors (Lipinski definition) is 0. The Morgan fingerprint density at radius 1 is 1.08 bits per heavy atom. The topological polar surface area (TPSA) is 61.1 Å². The van der Waals surface area contributed by atoms with Crippen LogP contribution in [0.4, 0.5) is 13.2 Å². The fourth-order valence-electron chi connectivity index (χ4n) is 3.10. The van der Waals surface area contributed by atoms with Crippen molar-refractivity contribution in [2.75, 3.05) is 0 Å². The largest absolute Gasteiger partial charge is 0.741 e. The first-order valence-corrected chi connectivity index (χ1v) is 8.88. The summed E-state index contributed by atoms with van der Waals surface area (Å²) in [6, 6.07) is 15.3. The van der Waals surface area contributed by atoms with E-state index in [1.54, 1.807) is 0 Å². The Morgan fingerprint density at radius 3 is 2.40 bits per heavy atom. The van der Waals surface area contributed by atoms with Gasteiger partial charge in [0.2, 0.25) is 5.69 Å². The molecule has 4 nitrogen and oxygen atoms in total. The minimum Gasteiger partial charge on any atom is -0.741 e. The SMILES string of the molecule is C1=C2c3cccc[n+]3CC2Cc2ccccc21.O=S(=O)([O-])C(F)(F)F. The lowest BCUT2D eigenvalue weighted by Crippen LogP contribution is -2.33. The molecule has 1 aromatic heterocycles. The van der Waals surface area contributed by atoms with Crippen molar-refractivity contribution in [3.8, 4) is 0 Å². The molecule has 2 aromatic rings. The van der Waals surface area contributed by atoms with Gasteiger partial charge in [-0.2, -0.15) is 17.7 Å². The van der Waals surface area contributed by atoms with Crippen LogP contribution in [0.2, 0.25) is 0 Å². The van der Waals surface area contributed by atoms with Crippen molar-refractivity contribution in [1.82, 2.24) is 0 Å². The second kappa shape index (κ2) is 6.27. The zero-order valence-corrected chi connectivity index (χ0v) is 13.7. The molecule has 0 amide bonds. The van der Waals surface area contributed by atoms with Crippen LogP contribution in [0.5, 0.6) is 0 Å². The number of alkyl halides is 3. The van der Waals surface area contributed by atoms with Gasteiger partial charge >= 0.3 is 5.51 Å². The molecule has 132 valence electrons. The highest BCUT2D eigenvalue weighted by molar-refractivity contribution is 7.86. The maximum atomic E-state index is 10.7. The number of benzene rings is 1. The minimum absolute atomic E-state index is 0.673. The summed E-state index contributed by atoms with van der Waals surface area (Å²) in [5.41, 5.74) is 0.162. The van der Waals surface area contributed by atoms with Gasteiger partial charge in [0, 0.05) is 17.7 Å². The summed E-state index contributed by atoms with van der Waals surface area (Å²) < 4.78 is 61.3. The Kier molecular flexibility index (Phi) is 4.42. The number of halogens is 3. The second-order valence-corrected chi connectivity index (χ2v) is 7.21. The summed E-state index contributed by atoms with van der Waals surface area (Å²) in [5, 5.41) is 0. The van der Waals surface area contributed by atoms with Crippen LogP contribution in [-0.2, 0) is 23.1 Å². The molecule has 0 saturated carbocycles. The van der Waals surface area contributed by atoms with Crippen molar-refractivity contribution in [2.24, 2.45) is 5.92 Å². The van der Waals surface area contributed by atoms with E-state index in [-0.39, 0.29) is 0 Å². The summed E-state index contributed by atoms with van der Waals surface area (Å²) in [5.74, 6) is 0.673. The van der Waals surface area contributed by atoms with E-state index in [1.807, 2.05) is 0 Å². The van der Waals surface area contributed by atoms with Gasteiger partial charge in [0.25, 0.3) is 0 Å². The lowest BCUT2D eigenvalue weighted by atomic mass is 9.84. The molecule has 2 heterocycles. The molecule has 0 fully saturated rings. The smallest absolute Gasteiger partial charge is 0.485 e. The molecule has 4 rings (SSSR count). The summed E-state index contributed by atoms with van der Waals surface area (Å²) >= 11 is 0. The van der Waals surface area contributed by atoms with Gasteiger partial charge in [-0.3, -0.25) is 0 Å². The molecule has 8 heteroatoms. The highest BCUT2D eigenvalue weighted by Gasteiger charge is 2.37. The van der Waals surface area contributed by atoms with Crippen LogP contribution in [0, 0.1) is 5.92 Å². The van der Waals surface area contributed by atoms with E-state index in [4.69, 9.17) is 13.0 Å². The summed E-state index contributed by atoms with van der Waals surface area (Å²) in [6.45, 7) is 1.14. The van der Waals surface area contributed by atoms with E-state index in [1.165, 1.54) is 28.8 Å². The molecule has 0 bridgehead atoms. The standard InChI is InChI=1S/C16H14N.CHF3O3S/c1-2-6-13-10-15-14(9-12(13)5-1)11-17-8-4-3-7-16(15)17;2-1(3,4)8(5,6)7/h1-8,10,14H,9,11H2;(H,5,6,7)/q+1;/p-1. The van der Waals surface area contributed by atoms with Crippen molar-refractivity contribution in [3.05, 3.63) is 65.5 Å². The summed E-state index contributed by atoms with van der Waals surface area (Å²) in [7, 11) is -6.09. The predicted octanol–water partition coefficient (Wildman–Crippen LogP) is 2.75. The van der Waals surface area contributed by atoms with Crippen molar-refractivity contribution >= 4 is 21.8 Å². The molecule has 0 saturated heterocycles. The van der Waals surface area contributed by atoms with Gasteiger partial charge < -0.3 is 4.55 Å². The van der Waals surface area contributed by atoms with Gasteiger partial charge in [0.15, 0.2) is 22.9 Å². The van der Waals surface area contributed by atoms with Crippen LogP contribution in [0.3, 0.4) is 0 Å². The number of fused-ring (bicyclic) bond motifs is 4. The second-order valence-electron chi connectivity index (χ2n) is 5.84. The maximum Gasteiger partial charge on any atom is 0.485 e. The van der Waals surface area contributed by atoms with Crippen LogP contribution in [-0.4, -0.2) is 18.5 Å². The number of rotatable bonds is 0. The average Bonchev–Trinajstić information content (AvgIpc) is 2.89. The third-order valence-electron chi connectivity index (χ3n) is 4.21. The Bertz CT molecular complexity index is 930. The Hall–Kier alpha value is -2.19. The van der Waals surface area contributed by atoms with Crippen LogP contribution in [0.25, 0.3) is 11.6 Å². The predicted molar refractivity (Wildman–Crippen MR) is 83.9 cm³/mol. The molecule has 1 aliphatic heterocycles. The van der Waals surface area contributed by atoms with Crippen LogP contribution < -0.4 is 4.57 Å². The van der Waals surface area contributed by atoms with Crippen molar-refractivity contribution < 1.29 is 30.7 Å². The molecule has 1 aromatic carbocycles. The highest BCUT2D eigenvalue weighted by Crippen LogP contribution is 2.36. The summed E-state index contributed by atoms with van der Waals surface area (Å²) in [6.07, 6.45) is 5.76. The van der Waals surface area contributed by atoms with Crippen molar-refractivity contribution in [2.45, 2.75) is 18.5 Å². The Labute approximate surface area is 143 Å².